The van der Waals surface area contributed by atoms with E-state index >= 15 is 0 Å². The molecule has 0 aliphatic carbocycles. The van der Waals surface area contributed by atoms with E-state index in [0.717, 1.165) is 29.5 Å². The van der Waals surface area contributed by atoms with Crippen molar-refractivity contribution in [3.63, 3.8) is 0 Å². The van der Waals surface area contributed by atoms with Crippen LogP contribution in [0.4, 0.5) is 4.39 Å². The first-order chi connectivity index (χ1) is 8.55. The highest BCUT2D eigenvalue weighted by Gasteiger charge is 2.37. The van der Waals surface area contributed by atoms with Crippen molar-refractivity contribution in [2.24, 2.45) is 0 Å². The second kappa shape index (κ2) is 5.68. The maximum Gasteiger partial charge on any atom is 0.126 e. The van der Waals surface area contributed by atoms with Gasteiger partial charge in [-0.2, -0.15) is 0 Å². The Labute approximate surface area is 116 Å². The zero-order chi connectivity index (χ0) is 13.2. The average molecular weight is 316 g/mol. The topological polar surface area (TPSA) is 21.3 Å². The Morgan fingerprint density at radius 3 is 2.94 bits per heavy atom. The van der Waals surface area contributed by atoms with Gasteiger partial charge in [0.1, 0.15) is 5.82 Å². The fraction of sp³-hybridized carbons (Fsp3) is 0.571. The molecular weight excluding hydrogens is 297 g/mol. The smallest absolute Gasteiger partial charge is 0.126 e. The van der Waals surface area contributed by atoms with Crippen LogP contribution in [0, 0.1) is 5.82 Å². The summed E-state index contributed by atoms with van der Waals surface area (Å²) in [5, 5.41) is 3.27. The van der Waals surface area contributed by atoms with Gasteiger partial charge < -0.3 is 10.1 Å². The largest absolute Gasteiger partial charge is 0.374 e. The van der Waals surface area contributed by atoms with Crippen molar-refractivity contribution in [2.45, 2.75) is 37.8 Å². The maximum absolute atomic E-state index is 13.8. The van der Waals surface area contributed by atoms with E-state index in [1.165, 1.54) is 6.07 Å². The van der Waals surface area contributed by atoms with Gasteiger partial charge >= 0.3 is 0 Å². The van der Waals surface area contributed by atoms with Crippen LogP contribution in [0.1, 0.15) is 25.3 Å². The Hall–Kier alpha value is -0.450. The lowest BCUT2D eigenvalue weighted by Crippen LogP contribution is -2.48. The van der Waals surface area contributed by atoms with E-state index in [-0.39, 0.29) is 17.5 Å². The van der Waals surface area contributed by atoms with E-state index in [0.29, 0.717) is 6.42 Å². The minimum Gasteiger partial charge on any atom is -0.374 e. The molecule has 1 heterocycles. The van der Waals surface area contributed by atoms with Crippen molar-refractivity contribution in [1.29, 1.82) is 0 Å². The van der Waals surface area contributed by atoms with Gasteiger partial charge in [0.25, 0.3) is 0 Å². The molecule has 0 spiro atoms. The lowest BCUT2D eigenvalue weighted by Gasteiger charge is -2.33. The van der Waals surface area contributed by atoms with E-state index in [4.69, 9.17) is 4.74 Å². The molecule has 0 radical (unpaired) electrons. The molecule has 4 heteroatoms. The van der Waals surface area contributed by atoms with Crippen LogP contribution in [-0.2, 0) is 11.2 Å². The minimum absolute atomic E-state index is 0.129. The summed E-state index contributed by atoms with van der Waals surface area (Å²) < 4.78 is 20.5. The first kappa shape index (κ1) is 14.0. The molecule has 2 unspecified atom stereocenters. The Morgan fingerprint density at radius 1 is 1.56 bits per heavy atom. The van der Waals surface area contributed by atoms with Crippen molar-refractivity contribution in [2.75, 3.05) is 13.7 Å². The van der Waals surface area contributed by atoms with Gasteiger partial charge in [-0.25, -0.2) is 4.39 Å². The van der Waals surface area contributed by atoms with E-state index in [1.54, 1.807) is 6.07 Å². The van der Waals surface area contributed by atoms with Gasteiger partial charge in [0, 0.05) is 17.1 Å². The summed E-state index contributed by atoms with van der Waals surface area (Å²) in [6, 6.07) is 5.20. The predicted octanol–water partition coefficient (Wildman–Crippen LogP) is 3.29. The van der Waals surface area contributed by atoms with Crippen LogP contribution in [0.2, 0.25) is 0 Å². The molecule has 1 aromatic carbocycles. The highest BCUT2D eigenvalue weighted by atomic mass is 79.9. The monoisotopic (exact) mass is 315 g/mol. The van der Waals surface area contributed by atoms with Gasteiger partial charge in [0.2, 0.25) is 0 Å². The third kappa shape index (κ3) is 2.92. The molecule has 0 aromatic heterocycles. The first-order valence-corrected chi connectivity index (χ1v) is 7.09. The molecule has 2 atom stereocenters. The van der Waals surface area contributed by atoms with Crippen LogP contribution in [-0.4, -0.2) is 25.3 Å². The molecule has 2 rings (SSSR count). The third-order valence-electron chi connectivity index (χ3n) is 3.77. The SMILES string of the molecule is CNC(Cc1cc(Br)ccc1F)C1(C)CCCO1. The molecule has 1 saturated heterocycles. The predicted molar refractivity (Wildman–Crippen MR) is 74.2 cm³/mol. The molecule has 0 bridgehead atoms. The summed E-state index contributed by atoms with van der Waals surface area (Å²) in [6.07, 6.45) is 2.74. The lowest BCUT2D eigenvalue weighted by atomic mass is 9.88. The summed E-state index contributed by atoms with van der Waals surface area (Å²) in [4.78, 5) is 0. The van der Waals surface area contributed by atoms with Crippen molar-refractivity contribution in [3.05, 3.63) is 34.1 Å². The molecule has 18 heavy (non-hydrogen) atoms. The molecular formula is C14H19BrFNO. The number of rotatable bonds is 4. The van der Waals surface area contributed by atoms with E-state index in [1.807, 2.05) is 13.1 Å². The molecule has 1 aliphatic heterocycles. The van der Waals surface area contributed by atoms with Crippen LogP contribution in [0.5, 0.6) is 0 Å². The third-order valence-corrected chi connectivity index (χ3v) is 4.26. The van der Waals surface area contributed by atoms with Crippen LogP contribution in [0.15, 0.2) is 22.7 Å². The Morgan fingerprint density at radius 2 is 2.33 bits per heavy atom. The fourth-order valence-corrected chi connectivity index (χ4v) is 3.03. The highest BCUT2D eigenvalue weighted by molar-refractivity contribution is 9.10. The minimum atomic E-state index is -0.191. The summed E-state index contributed by atoms with van der Waals surface area (Å²) in [6.45, 7) is 2.91. The van der Waals surface area contributed by atoms with E-state index < -0.39 is 0 Å². The van der Waals surface area contributed by atoms with Crippen molar-refractivity contribution in [3.8, 4) is 0 Å². The van der Waals surface area contributed by atoms with Crippen molar-refractivity contribution < 1.29 is 9.13 Å². The van der Waals surface area contributed by atoms with Crippen LogP contribution in [0.3, 0.4) is 0 Å². The molecule has 1 N–H and O–H groups in total. The number of halogens is 2. The Kier molecular flexibility index (Phi) is 4.41. The molecule has 1 aromatic rings. The fourth-order valence-electron chi connectivity index (χ4n) is 2.62. The normalized spacial score (nSPS) is 25.3. The molecule has 0 saturated carbocycles. The van der Waals surface area contributed by atoms with Gasteiger partial charge in [-0.1, -0.05) is 15.9 Å². The quantitative estimate of drug-likeness (QED) is 0.920. The standard InChI is InChI=1S/C14H19BrFNO/c1-14(6-3-7-18-14)13(17-2)9-10-8-11(15)4-5-12(10)16/h4-5,8,13,17H,3,6-7,9H2,1-2H3. The van der Waals surface area contributed by atoms with Crippen molar-refractivity contribution in [1.82, 2.24) is 5.32 Å². The highest BCUT2D eigenvalue weighted by Crippen LogP contribution is 2.31. The van der Waals surface area contributed by atoms with E-state index in [2.05, 4.69) is 28.2 Å². The lowest BCUT2D eigenvalue weighted by molar-refractivity contribution is -0.00961. The summed E-state index contributed by atoms with van der Waals surface area (Å²) in [5.41, 5.74) is 0.532. The number of nitrogens with one attached hydrogen (secondary N) is 1. The zero-order valence-corrected chi connectivity index (χ0v) is 12.4. The number of hydrogen-bond acceptors (Lipinski definition) is 2. The van der Waals surface area contributed by atoms with Gasteiger partial charge in [-0.05, 0) is 57.0 Å². The molecule has 2 nitrogen and oxygen atoms in total. The van der Waals surface area contributed by atoms with Gasteiger partial charge in [-0.3, -0.25) is 0 Å². The van der Waals surface area contributed by atoms with Gasteiger partial charge in [0.05, 0.1) is 5.60 Å². The molecule has 1 fully saturated rings. The second-order valence-corrected chi connectivity index (χ2v) is 5.96. The van der Waals surface area contributed by atoms with Crippen LogP contribution < -0.4 is 5.32 Å². The van der Waals surface area contributed by atoms with E-state index in [9.17, 15) is 4.39 Å². The Balaban J connectivity index is 2.17. The Bertz CT molecular complexity index is 418. The molecule has 1 aliphatic rings. The maximum atomic E-state index is 13.8. The molecule has 0 amide bonds. The second-order valence-electron chi connectivity index (χ2n) is 5.05. The zero-order valence-electron chi connectivity index (χ0n) is 10.8. The number of likely N-dealkylation sites (N-methyl/N-ethyl adjacent to an activating group) is 1. The number of benzene rings is 1. The summed E-state index contributed by atoms with van der Waals surface area (Å²) in [5.74, 6) is -0.153. The van der Waals surface area contributed by atoms with Crippen LogP contribution in [0.25, 0.3) is 0 Å². The number of hydrogen-bond donors (Lipinski definition) is 1. The average Bonchev–Trinajstić information content (AvgIpc) is 2.78. The molecule has 100 valence electrons. The number of ether oxygens (including phenoxy) is 1. The van der Waals surface area contributed by atoms with Gasteiger partial charge in [-0.15, -0.1) is 0 Å². The summed E-state index contributed by atoms with van der Waals surface area (Å²) >= 11 is 3.39. The summed E-state index contributed by atoms with van der Waals surface area (Å²) in [7, 11) is 1.91. The van der Waals surface area contributed by atoms with Crippen LogP contribution >= 0.6 is 15.9 Å². The van der Waals surface area contributed by atoms with Gasteiger partial charge in [0.15, 0.2) is 0 Å². The van der Waals surface area contributed by atoms with Crippen molar-refractivity contribution >= 4 is 15.9 Å². The first-order valence-electron chi connectivity index (χ1n) is 6.30.